The summed E-state index contributed by atoms with van der Waals surface area (Å²) in [5.41, 5.74) is 4.64. The lowest BCUT2D eigenvalue weighted by atomic mass is 9.96. The van der Waals surface area contributed by atoms with Gasteiger partial charge in [0, 0.05) is 30.1 Å². The van der Waals surface area contributed by atoms with Crippen LogP contribution in [0.2, 0.25) is 0 Å². The number of ether oxygens (including phenoxy) is 1. The summed E-state index contributed by atoms with van der Waals surface area (Å²) in [6.07, 6.45) is 5.39. The van der Waals surface area contributed by atoms with Gasteiger partial charge in [-0.3, -0.25) is 4.90 Å². The summed E-state index contributed by atoms with van der Waals surface area (Å²) in [5, 5.41) is 9.19. The van der Waals surface area contributed by atoms with Crippen LogP contribution in [0.4, 0.5) is 5.82 Å². The molecule has 0 radical (unpaired) electrons. The number of anilines is 1. The Morgan fingerprint density at radius 2 is 2.03 bits per heavy atom. The van der Waals surface area contributed by atoms with Crippen LogP contribution in [0.5, 0.6) is 5.75 Å². The van der Waals surface area contributed by atoms with E-state index in [1.165, 1.54) is 51.0 Å². The number of aryl methyl sites for hydroxylation is 1. The van der Waals surface area contributed by atoms with Gasteiger partial charge in [-0.1, -0.05) is 26.3 Å². The molecule has 0 amide bonds. The zero-order valence-corrected chi connectivity index (χ0v) is 21.0. The molecule has 7 heteroatoms. The lowest BCUT2D eigenvalue weighted by Crippen LogP contribution is -2.32. The highest BCUT2D eigenvalue weighted by atomic mass is 32.1. The summed E-state index contributed by atoms with van der Waals surface area (Å²) in [6, 6.07) is 9.58. The van der Waals surface area contributed by atoms with E-state index in [0.29, 0.717) is 6.04 Å². The third-order valence-electron chi connectivity index (χ3n) is 7.18. The maximum atomic E-state index is 5.69. The molecule has 1 aliphatic rings. The summed E-state index contributed by atoms with van der Waals surface area (Å²) < 4.78 is 8.96. The summed E-state index contributed by atoms with van der Waals surface area (Å²) >= 11 is 1.77. The van der Waals surface area contributed by atoms with Crippen LogP contribution in [0, 0.1) is 12.8 Å². The largest absolute Gasteiger partial charge is 0.495 e. The number of thiophene rings is 1. The third kappa shape index (κ3) is 3.77. The second-order valence-electron chi connectivity index (χ2n) is 9.07. The average Bonchev–Trinajstić information content (AvgIpc) is 3.53. The highest BCUT2D eigenvalue weighted by Gasteiger charge is 2.32. The number of likely N-dealkylation sites (tertiary alicyclic amines) is 1. The molecule has 1 aliphatic heterocycles. The summed E-state index contributed by atoms with van der Waals surface area (Å²) in [7, 11) is 3.67. The predicted octanol–water partition coefficient (Wildman–Crippen LogP) is 5.98. The van der Waals surface area contributed by atoms with Crippen molar-refractivity contribution < 1.29 is 4.74 Å². The molecule has 1 aromatic carbocycles. The molecule has 1 fully saturated rings. The van der Waals surface area contributed by atoms with Crippen molar-refractivity contribution in [1.82, 2.24) is 19.5 Å². The Bertz CT molecular complexity index is 1290. The molecule has 2 unspecified atom stereocenters. The lowest BCUT2D eigenvalue weighted by Gasteiger charge is -2.26. The smallest absolute Gasteiger partial charge is 0.154 e. The first kappa shape index (κ1) is 22.2. The third-order valence-corrected chi connectivity index (χ3v) is 8.38. The van der Waals surface area contributed by atoms with Crippen LogP contribution in [-0.4, -0.2) is 46.2 Å². The van der Waals surface area contributed by atoms with Crippen molar-refractivity contribution >= 4 is 32.8 Å². The van der Waals surface area contributed by atoms with Gasteiger partial charge in [0.2, 0.25) is 0 Å². The predicted molar refractivity (Wildman–Crippen MR) is 138 cm³/mol. The number of nitrogens with zero attached hydrogens (tertiary/aromatic N) is 4. The Kier molecular flexibility index (Phi) is 6.01. The SMILES string of the molecule is CCC1CCN(Cc2cc(-c3cc4cc(C)cc(OC)c4s3)c3c(NC)ncnn23)C1CC. The average molecular weight is 464 g/mol. The molecular weight excluding hydrogens is 430 g/mol. The standard InChI is InChI=1S/C26H33N5OS/c1-6-17-8-9-30(21(17)7-2)14-19-13-20(24-26(27-4)28-15-29-31(19)24)23-12-18-10-16(3)11-22(32-5)25(18)33-23/h10-13,15,17,21H,6-9,14H2,1-5H3,(H,27,28,29). The van der Waals surface area contributed by atoms with E-state index in [2.05, 4.69) is 69.9 Å². The molecule has 2 atom stereocenters. The van der Waals surface area contributed by atoms with Crippen molar-refractivity contribution in [3.05, 3.63) is 41.9 Å². The molecule has 1 N–H and O–H groups in total. The van der Waals surface area contributed by atoms with Crippen LogP contribution in [-0.2, 0) is 6.54 Å². The van der Waals surface area contributed by atoms with Gasteiger partial charge in [0.25, 0.3) is 0 Å². The van der Waals surface area contributed by atoms with Crippen LogP contribution in [0.25, 0.3) is 26.0 Å². The first-order valence-corrected chi connectivity index (χ1v) is 12.8. The molecule has 4 heterocycles. The molecule has 5 rings (SSSR count). The van der Waals surface area contributed by atoms with Crippen LogP contribution >= 0.6 is 11.3 Å². The van der Waals surface area contributed by atoms with Crippen molar-refractivity contribution in [3.63, 3.8) is 0 Å². The topological polar surface area (TPSA) is 54.7 Å². The van der Waals surface area contributed by atoms with Gasteiger partial charge in [0.15, 0.2) is 5.82 Å². The zero-order chi connectivity index (χ0) is 23.1. The number of fused-ring (bicyclic) bond motifs is 2. The van der Waals surface area contributed by atoms with Crippen molar-refractivity contribution in [2.24, 2.45) is 5.92 Å². The summed E-state index contributed by atoms with van der Waals surface area (Å²) in [6.45, 7) is 8.82. The number of rotatable bonds is 7. The van der Waals surface area contributed by atoms with Gasteiger partial charge in [0.1, 0.15) is 17.6 Å². The van der Waals surface area contributed by atoms with Crippen molar-refractivity contribution in [2.75, 3.05) is 26.0 Å². The van der Waals surface area contributed by atoms with Crippen molar-refractivity contribution in [1.29, 1.82) is 0 Å². The number of hydrogen-bond acceptors (Lipinski definition) is 6. The van der Waals surface area contributed by atoms with Crippen LogP contribution in [0.3, 0.4) is 0 Å². The Morgan fingerprint density at radius 1 is 1.18 bits per heavy atom. The Morgan fingerprint density at radius 3 is 2.76 bits per heavy atom. The van der Waals surface area contributed by atoms with E-state index in [1.807, 2.05) is 7.05 Å². The summed E-state index contributed by atoms with van der Waals surface area (Å²) in [5.74, 6) is 2.58. The zero-order valence-electron chi connectivity index (χ0n) is 20.2. The van der Waals surface area contributed by atoms with E-state index < -0.39 is 0 Å². The molecule has 0 bridgehead atoms. The fraction of sp³-hybridized carbons (Fsp3) is 0.462. The number of methoxy groups -OCH3 is 1. The number of aromatic nitrogens is 3. The second kappa shape index (κ2) is 8.95. The van der Waals surface area contributed by atoms with E-state index in [4.69, 9.17) is 4.74 Å². The van der Waals surface area contributed by atoms with Crippen molar-refractivity contribution in [2.45, 2.75) is 52.6 Å². The van der Waals surface area contributed by atoms with E-state index in [9.17, 15) is 0 Å². The maximum absolute atomic E-state index is 5.69. The lowest BCUT2D eigenvalue weighted by molar-refractivity contribution is 0.206. The Balaban J connectivity index is 1.64. The van der Waals surface area contributed by atoms with Gasteiger partial charge in [-0.25, -0.2) is 9.50 Å². The molecule has 33 heavy (non-hydrogen) atoms. The quantitative estimate of drug-likeness (QED) is 0.365. The molecule has 6 nitrogen and oxygen atoms in total. The second-order valence-corrected chi connectivity index (χ2v) is 10.1. The molecule has 1 saturated heterocycles. The number of nitrogens with one attached hydrogen (secondary N) is 1. The first-order valence-electron chi connectivity index (χ1n) is 11.9. The molecule has 0 saturated carbocycles. The van der Waals surface area contributed by atoms with Gasteiger partial charge in [0.05, 0.1) is 17.5 Å². The van der Waals surface area contributed by atoms with E-state index >= 15 is 0 Å². The maximum Gasteiger partial charge on any atom is 0.154 e. The Labute approximate surface area is 199 Å². The fourth-order valence-corrected chi connectivity index (χ4v) is 6.75. The van der Waals surface area contributed by atoms with Gasteiger partial charge in [-0.05, 0) is 61.4 Å². The molecule has 0 aliphatic carbocycles. The minimum absolute atomic E-state index is 0.645. The highest BCUT2D eigenvalue weighted by molar-refractivity contribution is 7.22. The highest BCUT2D eigenvalue weighted by Crippen LogP contribution is 2.43. The van der Waals surface area contributed by atoms with Crippen LogP contribution < -0.4 is 10.1 Å². The number of hydrogen-bond donors (Lipinski definition) is 1. The van der Waals surface area contributed by atoms with Crippen LogP contribution in [0.1, 0.15) is 44.4 Å². The van der Waals surface area contributed by atoms with Crippen molar-refractivity contribution in [3.8, 4) is 16.2 Å². The molecule has 174 valence electrons. The van der Waals surface area contributed by atoms with Gasteiger partial charge in [-0.15, -0.1) is 11.3 Å². The van der Waals surface area contributed by atoms with Crippen LogP contribution in [0.15, 0.2) is 30.6 Å². The van der Waals surface area contributed by atoms with E-state index in [0.717, 1.165) is 36.1 Å². The molecule has 4 aromatic rings. The monoisotopic (exact) mass is 463 g/mol. The van der Waals surface area contributed by atoms with Gasteiger partial charge in [-0.2, -0.15) is 5.10 Å². The molecule has 3 aromatic heterocycles. The Hall–Kier alpha value is -2.64. The fourth-order valence-electron chi connectivity index (χ4n) is 5.60. The summed E-state index contributed by atoms with van der Waals surface area (Å²) in [4.78, 5) is 8.40. The van der Waals surface area contributed by atoms with E-state index in [-0.39, 0.29) is 0 Å². The minimum Gasteiger partial charge on any atom is -0.495 e. The minimum atomic E-state index is 0.645. The molecule has 0 spiro atoms. The first-order chi connectivity index (χ1) is 16.1. The van der Waals surface area contributed by atoms with Gasteiger partial charge >= 0.3 is 0 Å². The normalized spacial score (nSPS) is 19.1. The molecular formula is C26H33N5OS. The van der Waals surface area contributed by atoms with Gasteiger partial charge < -0.3 is 10.1 Å². The number of benzene rings is 1. The van der Waals surface area contributed by atoms with E-state index in [1.54, 1.807) is 24.8 Å².